The van der Waals surface area contributed by atoms with Crippen molar-refractivity contribution >= 4 is 22.6 Å². The standard InChI is InChI=1S/C21H19NO8/c1-3-27-16-4-5-18-17(8-16)12(2)19(30-18)21(23)28-10-14-7-15(22(24)25)6-13-9-26-11-29-20(13)14/h4-8H,3,9-11H2,1-2H3. The maximum atomic E-state index is 12.7. The highest BCUT2D eigenvalue weighted by molar-refractivity contribution is 5.96. The summed E-state index contributed by atoms with van der Waals surface area (Å²) in [6, 6.07) is 8.02. The summed E-state index contributed by atoms with van der Waals surface area (Å²) in [7, 11) is 0. The van der Waals surface area contributed by atoms with Gasteiger partial charge in [0.05, 0.1) is 18.1 Å². The van der Waals surface area contributed by atoms with Crippen LogP contribution in [0.3, 0.4) is 0 Å². The minimum Gasteiger partial charge on any atom is -0.494 e. The van der Waals surface area contributed by atoms with Gasteiger partial charge in [0.25, 0.3) is 5.69 Å². The van der Waals surface area contributed by atoms with Gasteiger partial charge in [0.15, 0.2) is 6.79 Å². The Morgan fingerprint density at radius 2 is 2.10 bits per heavy atom. The molecule has 9 nitrogen and oxygen atoms in total. The van der Waals surface area contributed by atoms with E-state index in [1.165, 1.54) is 12.1 Å². The van der Waals surface area contributed by atoms with Crippen molar-refractivity contribution in [2.75, 3.05) is 13.4 Å². The molecule has 0 unspecified atom stereocenters. The molecule has 9 heteroatoms. The molecule has 30 heavy (non-hydrogen) atoms. The molecule has 0 radical (unpaired) electrons. The SMILES string of the molecule is CCOc1ccc2oc(C(=O)OCc3cc([N+](=O)[O-])cc4c3OCOC4)c(C)c2c1. The molecular weight excluding hydrogens is 394 g/mol. The number of benzene rings is 2. The van der Waals surface area contributed by atoms with E-state index in [1.54, 1.807) is 25.1 Å². The third-order valence-corrected chi connectivity index (χ3v) is 4.75. The highest BCUT2D eigenvalue weighted by Crippen LogP contribution is 2.34. The minimum atomic E-state index is -0.672. The van der Waals surface area contributed by atoms with Gasteiger partial charge in [-0.2, -0.15) is 0 Å². The number of carbonyl (C=O) groups excluding carboxylic acids is 1. The average Bonchev–Trinajstić information content (AvgIpc) is 3.08. The molecule has 4 rings (SSSR count). The van der Waals surface area contributed by atoms with Crippen LogP contribution in [0.4, 0.5) is 5.69 Å². The third-order valence-electron chi connectivity index (χ3n) is 4.75. The number of furan rings is 1. The first-order valence-electron chi connectivity index (χ1n) is 9.31. The molecule has 0 fully saturated rings. The number of rotatable bonds is 6. The summed E-state index contributed by atoms with van der Waals surface area (Å²) in [4.78, 5) is 23.4. The first-order valence-corrected chi connectivity index (χ1v) is 9.31. The summed E-state index contributed by atoms with van der Waals surface area (Å²) in [6.45, 7) is 4.17. The Morgan fingerprint density at radius 3 is 2.87 bits per heavy atom. The Labute approximate surface area is 171 Å². The van der Waals surface area contributed by atoms with Crippen LogP contribution >= 0.6 is 0 Å². The number of carbonyl (C=O) groups is 1. The Morgan fingerprint density at radius 1 is 1.27 bits per heavy atom. The number of esters is 1. The number of ether oxygens (including phenoxy) is 4. The second-order valence-electron chi connectivity index (χ2n) is 6.68. The Balaban J connectivity index is 1.59. The van der Waals surface area contributed by atoms with Crippen molar-refractivity contribution in [1.82, 2.24) is 0 Å². The predicted molar refractivity (Wildman–Crippen MR) is 105 cm³/mol. The molecule has 1 aliphatic rings. The molecule has 0 N–H and O–H groups in total. The summed E-state index contributed by atoms with van der Waals surface area (Å²) in [5, 5.41) is 12.0. The fourth-order valence-corrected chi connectivity index (χ4v) is 3.35. The van der Waals surface area contributed by atoms with Crippen LogP contribution in [-0.4, -0.2) is 24.3 Å². The lowest BCUT2D eigenvalue weighted by Gasteiger charge is -2.20. The van der Waals surface area contributed by atoms with Gasteiger partial charge in [-0.25, -0.2) is 4.79 Å². The van der Waals surface area contributed by atoms with Crippen LogP contribution in [0.5, 0.6) is 11.5 Å². The van der Waals surface area contributed by atoms with Crippen LogP contribution in [-0.2, 0) is 22.7 Å². The number of fused-ring (bicyclic) bond motifs is 2. The van der Waals surface area contributed by atoms with Crippen LogP contribution in [0.1, 0.15) is 34.2 Å². The van der Waals surface area contributed by atoms with E-state index in [2.05, 4.69) is 0 Å². The minimum absolute atomic E-state index is 0.0244. The molecule has 0 atom stereocenters. The van der Waals surface area contributed by atoms with Gasteiger partial charge in [0.2, 0.25) is 5.76 Å². The second-order valence-corrected chi connectivity index (χ2v) is 6.68. The van der Waals surface area contributed by atoms with E-state index in [0.717, 1.165) is 5.39 Å². The van der Waals surface area contributed by atoms with Crippen LogP contribution in [0.15, 0.2) is 34.7 Å². The van der Waals surface area contributed by atoms with Crippen molar-refractivity contribution in [3.63, 3.8) is 0 Å². The van der Waals surface area contributed by atoms with Crippen LogP contribution in [0, 0.1) is 17.0 Å². The number of nitro groups is 1. The van der Waals surface area contributed by atoms with E-state index >= 15 is 0 Å². The maximum absolute atomic E-state index is 12.7. The molecule has 156 valence electrons. The van der Waals surface area contributed by atoms with Gasteiger partial charge in [-0.3, -0.25) is 10.1 Å². The average molecular weight is 413 g/mol. The number of hydrogen-bond acceptors (Lipinski definition) is 8. The number of hydrogen-bond donors (Lipinski definition) is 0. The summed E-state index contributed by atoms with van der Waals surface area (Å²) in [6.07, 6.45) is 0. The van der Waals surface area contributed by atoms with Crippen molar-refractivity contribution in [2.24, 2.45) is 0 Å². The number of aryl methyl sites for hydroxylation is 1. The van der Waals surface area contributed by atoms with Crippen molar-refractivity contribution < 1.29 is 33.1 Å². The topological polar surface area (TPSA) is 110 Å². The summed E-state index contributed by atoms with van der Waals surface area (Å²) < 4.78 is 27.2. The van der Waals surface area contributed by atoms with Gasteiger partial charge < -0.3 is 23.4 Å². The van der Waals surface area contributed by atoms with E-state index in [-0.39, 0.29) is 31.5 Å². The van der Waals surface area contributed by atoms with Gasteiger partial charge in [0.1, 0.15) is 23.7 Å². The predicted octanol–water partition coefficient (Wildman–Crippen LogP) is 4.27. The molecule has 2 aromatic carbocycles. The van der Waals surface area contributed by atoms with E-state index in [4.69, 9.17) is 23.4 Å². The fraction of sp³-hybridized carbons (Fsp3) is 0.286. The molecular formula is C21H19NO8. The molecule has 0 amide bonds. The zero-order chi connectivity index (χ0) is 21.3. The van der Waals surface area contributed by atoms with Crippen LogP contribution in [0.2, 0.25) is 0 Å². The maximum Gasteiger partial charge on any atom is 0.374 e. The van der Waals surface area contributed by atoms with Crippen LogP contribution in [0.25, 0.3) is 11.0 Å². The zero-order valence-corrected chi connectivity index (χ0v) is 16.4. The van der Waals surface area contributed by atoms with Crippen molar-refractivity contribution in [3.05, 3.63) is 62.9 Å². The third kappa shape index (κ3) is 3.67. The first-order chi connectivity index (χ1) is 14.5. The smallest absolute Gasteiger partial charge is 0.374 e. The number of nitro benzene ring substituents is 1. The molecule has 0 spiro atoms. The zero-order valence-electron chi connectivity index (χ0n) is 16.4. The number of non-ortho nitro benzene ring substituents is 1. The molecule has 0 bridgehead atoms. The summed E-state index contributed by atoms with van der Waals surface area (Å²) in [5.74, 6) is 0.509. The van der Waals surface area contributed by atoms with E-state index in [9.17, 15) is 14.9 Å². The molecule has 0 saturated carbocycles. The Kier molecular flexibility index (Phi) is 5.28. The van der Waals surface area contributed by atoms with Crippen molar-refractivity contribution in [3.8, 4) is 11.5 Å². The van der Waals surface area contributed by atoms with Crippen molar-refractivity contribution in [1.29, 1.82) is 0 Å². The van der Waals surface area contributed by atoms with Gasteiger partial charge in [-0.1, -0.05) is 0 Å². The Bertz CT molecular complexity index is 1130. The normalized spacial score (nSPS) is 12.9. The lowest BCUT2D eigenvalue weighted by atomic mass is 10.1. The van der Waals surface area contributed by atoms with E-state index < -0.39 is 10.9 Å². The van der Waals surface area contributed by atoms with Gasteiger partial charge in [-0.05, 0) is 32.0 Å². The monoisotopic (exact) mass is 413 g/mol. The van der Waals surface area contributed by atoms with E-state index in [1.807, 2.05) is 6.92 Å². The van der Waals surface area contributed by atoms with Crippen LogP contribution < -0.4 is 9.47 Å². The fourth-order valence-electron chi connectivity index (χ4n) is 3.35. The molecule has 3 aromatic rings. The molecule has 1 aliphatic heterocycles. The second kappa shape index (κ2) is 8.03. The highest BCUT2D eigenvalue weighted by atomic mass is 16.7. The number of nitrogens with zero attached hydrogens (tertiary/aromatic N) is 1. The summed E-state index contributed by atoms with van der Waals surface area (Å²) in [5.41, 5.74) is 1.96. The van der Waals surface area contributed by atoms with Gasteiger partial charge in [-0.15, -0.1) is 0 Å². The first kappa shape index (κ1) is 19.7. The quantitative estimate of drug-likeness (QED) is 0.335. The Hall–Kier alpha value is -3.59. The van der Waals surface area contributed by atoms with Gasteiger partial charge in [0, 0.05) is 34.2 Å². The highest BCUT2D eigenvalue weighted by Gasteiger charge is 2.24. The largest absolute Gasteiger partial charge is 0.494 e. The molecule has 2 heterocycles. The lowest BCUT2D eigenvalue weighted by Crippen LogP contribution is -2.15. The van der Waals surface area contributed by atoms with E-state index in [0.29, 0.717) is 40.4 Å². The molecule has 0 saturated heterocycles. The van der Waals surface area contributed by atoms with Crippen molar-refractivity contribution in [2.45, 2.75) is 27.1 Å². The lowest BCUT2D eigenvalue weighted by molar-refractivity contribution is -0.385. The summed E-state index contributed by atoms with van der Waals surface area (Å²) >= 11 is 0. The molecule has 0 aliphatic carbocycles. The molecule has 1 aromatic heterocycles. The van der Waals surface area contributed by atoms with Gasteiger partial charge >= 0.3 is 5.97 Å².